The quantitative estimate of drug-likeness (QED) is 0.437. The molecule has 2 heterocycles. The molecule has 0 saturated heterocycles. The molecule has 148 valence electrons. The number of tetrazole rings is 1. The normalized spacial score (nSPS) is 13.0. The fourth-order valence-corrected chi connectivity index (χ4v) is 3.27. The molecule has 0 aliphatic rings. The van der Waals surface area contributed by atoms with Crippen molar-refractivity contribution < 1.29 is 17.6 Å². The summed E-state index contributed by atoms with van der Waals surface area (Å²) in [5.41, 5.74) is -0.642. The van der Waals surface area contributed by atoms with Crippen molar-refractivity contribution in [2.75, 3.05) is 0 Å². The third-order valence-corrected chi connectivity index (χ3v) is 4.74. The summed E-state index contributed by atoms with van der Waals surface area (Å²) in [7, 11) is 0. The Morgan fingerprint density at radius 3 is 2.59 bits per heavy atom. The van der Waals surface area contributed by atoms with Gasteiger partial charge in [0.1, 0.15) is 17.3 Å². The van der Waals surface area contributed by atoms with Crippen molar-refractivity contribution in [3.8, 4) is 0 Å². The van der Waals surface area contributed by atoms with Gasteiger partial charge in [0.15, 0.2) is 6.33 Å². The van der Waals surface area contributed by atoms with Crippen LogP contribution in [-0.2, 0) is 12.5 Å². The zero-order valence-electron chi connectivity index (χ0n) is 14.6. The van der Waals surface area contributed by atoms with E-state index < -0.39 is 35.7 Å². The predicted octanol–water partition coefficient (Wildman–Crippen LogP) is 4.73. The second kappa shape index (κ2) is 7.40. The third-order valence-electron chi connectivity index (χ3n) is 4.51. The summed E-state index contributed by atoms with van der Waals surface area (Å²) in [6.45, 7) is -0.490. The number of hydrogen-bond donors (Lipinski definition) is 0. The van der Waals surface area contributed by atoms with Gasteiger partial charge in [0.25, 0.3) is 5.92 Å². The molecule has 0 N–H and O–H groups in total. The Bertz CT molecular complexity index is 1170. The summed E-state index contributed by atoms with van der Waals surface area (Å²) < 4.78 is 58.8. The van der Waals surface area contributed by atoms with Crippen molar-refractivity contribution in [2.45, 2.75) is 18.4 Å². The van der Waals surface area contributed by atoms with E-state index in [2.05, 4.69) is 20.4 Å². The zero-order chi connectivity index (χ0) is 20.6. The molecular formula is C19H12ClF4N5. The van der Waals surface area contributed by atoms with Crippen molar-refractivity contribution in [3.63, 3.8) is 0 Å². The maximum Gasteiger partial charge on any atom is 0.298 e. The van der Waals surface area contributed by atoms with E-state index >= 15 is 8.78 Å². The first-order chi connectivity index (χ1) is 13.8. The SMILES string of the molecule is Fc1ccc(C(Cn2ncnn2)C(F)(F)c2ccc3cc(Cl)ccc3n2)c(F)c1. The second-order valence-electron chi connectivity index (χ2n) is 6.37. The third kappa shape index (κ3) is 3.77. The second-order valence-corrected chi connectivity index (χ2v) is 6.80. The average molecular weight is 422 g/mol. The highest BCUT2D eigenvalue weighted by Crippen LogP contribution is 2.43. The van der Waals surface area contributed by atoms with Crippen LogP contribution >= 0.6 is 11.6 Å². The van der Waals surface area contributed by atoms with Crippen LogP contribution in [0, 0.1) is 11.6 Å². The van der Waals surface area contributed by atoms with Crippen LogP contribution in [0.5, 0.6) is 0 Å². The zero-order valence-corrected chi connectivity index (χ0v) is 15.4. The van der Waals surface area contributed by atoms with Gasteiger partial charge in [-0.3, -0.25) is 0 Å². The van der Waals surface area contributed by atoms with Crippen LogP contribution in [0.4, 0.5) is 17.6 Å². The number of alkyl halides is 2. The molecule has 4 aromatic rings. The van der Waals surface area contributed by atoms with Gasteiger partial charge in [-0.25, -0.2) is 13.8 Å². The van der Waals surface area contributed by atoms with E-state index in [1.165, 1.54) is 18.2 Å². The Kier molecular flexibility index (Phi) is 4.91. The highest BCUT2D eigenvalue weighted by molar-refractivity contribution is 6.31. The Hall–Kier alpha value is -3.07. The number of benzene rings is 2. The number of hydrogen-bond acceptors (Lipinski definition) is 4. The first kappa shape index (κ1) is 19.3. The lowest BCUT2D eigenvalue weighted by Crippen LogP contribution is -2.30. The van der Waals surface area contributed by atoms with E-state index in [-0.39, 0.29) is 5.56 Å². The minimum Gasteiger partial charge on any atom is -0.246 e. The first-order valence-corrected chi connectivity index (χ1v) is 8.83. The lowest BCUT2D eigenvalue weighted by atomic mass is 9.89. The molecule has 2 aromatic heterocycles. The van der Waals surface area contributed by atoms with Crippen LogP contribution in [0.2, 0.25) is 5.02 Å². The van der Waals surface area contributed by atoms with E-state index in [0.717, 1.165) is 29.3 Å². The molecule has 0 radical (unpaired) electrons. The van der Waals surface area contributed by atoms with E-state index in [1.807, 2.05) is 0 Å². The Morgan fingerprint density at radius 2 is 1.86 bits per heavy atom. The number of aromatic nitrogens is 5. The summed E-state index contributed by atoms with van der Waals surface area (Å²) >= 11 is 5.92. The standard InChI is InChI=1S/C19H12ClF4N5/c20-12-2-5-17-11(7-12)1-6-18(27-17)19(23,24)15(9-29-26-10-25-28-29)14-4-3-13(21)8-16(14)22/h1-8,10,15H,9H2. The molecule has 2 aromatic carbocycles. The van der Waals surface area contributed by atoms with E-state index in [4.69, 9.17) is 11.6 Å². The highest BCUT2D eigenvalue weighted by atomic mass is 35.5. The molecule has 10 heteroatoms. The van der Waals surface area contributed by atoms with Gasteiger partial charge in [0.05, 0.1) is 18.0 Å². The molecule has 0 bridgehead atoms. The summed E-state index contributed by atoms with van der Waals surface area (Å²) in [5, 5.41) is 11.8. The molecule has 0 spiro atoms. The van der Waals surface area contributed by atoms with Crippen LogP contribution in [0.25, 0.3) is 10.9 Å². The maximum absolute atomic E-state index is 15.5. The lowest BCUT2D eigenvalue weighted by Gasteiger charge is -2.27. The van der Waals surface area contributed by atoms with E-state index in [9.17, 15) is 8.78 Å². The van der Waals surface area contributed by atoms with Gasteiger partial charge >= 0.3 is 0 Å². The van der Waals surface area contributed by atoms with Gasteiger partial charge in [-0.1, -0.05) is 23.7 Å². The van der Waals surface area contributed by atoms with E-state index in [0.29, 0.717) is 22.0 Å². The smallest absolute Gasteiger partial charge is 0.246 e. The van der Waals surface area contributed by atoms with Crippen LogP contribution in [0.1, 0.15) is 17.2 Å². The fraction of sp³-hybridized carbons (Fsp3) is 0.158. The van der Waals surface area contributed by atoms with Gasteiger partial charge in [-0.2, -0.15) is 13.6 Å². The number of rotatable bonds is 5. The minimum absolute atomic E-state index is 0.309. The summed E-state index contributed by atoms with van der Waals surface area (Å²) in [6, 6.07) is 9.74. The Labute approximate surface area is 166 Å². The molecule has 5 nitrogen and oxygen atoms in total. The average Bonchev–Trinajstić information content (AvgIpc) is 3.19. The van der Waals surface area contributed by atoms with Crippen LogP contribution in [0.15, 0.2) is 54.9 Å². The highest BCUT2D eigenvalue weighted by Gasteiger charge is 2.45. The van der Waals surface area contributed by atoms with Crippen LogP contribution in [-0.4, -0.2) is 25.2 Å². The van der Waals surface area contributed by atoms with E-state index in [1.54, 1.807) is 6.07 Å². The summed E-state index contributed by atoms with van der Waals surface area (Å²) in [6.07, 6.45) is 1.08. The number of pyridine rings is 1. The van der Waals surface area contributed by atoms with Crippen LogP contribution < -0.4 is 0 Å². The fourth-order valence-electron chi connectivity index (χ4n) is 3.09. The van der Waals surface area contributed by atoms with Gasteiger partial charge in [0.2, 0.25) is 0 Å². The molecular weight excluding hydrogens is 410 g/mol. The Balaban J connectivity index is 1.82. The molecule has 0 fully saturated rings. The largest absolute Gasteiger partial charge is 0.298 e. The molecule has 0 saturated carbocycles. The molecule has 0 aliphatic carbocycles. The molecule has 0 amide bonds. The van der Waals surface area contributed by atoms with Crippen molar-refractivity contribution in [3.05, 3.63) is 82.8 Å². The molecule has 29 heavy (non-hydrogen) atoms. The van der Waals surface area contributed by atoms with Gasteiger partial charge < -0.3 is 0 Å². The van der Waals surface area contributed by atoms with Gasteiger partial charge in [-0.15, -0.1) is 10.2 Å². The van der Waals surface area contributed by atoms with Crippen molar-refractivity contribution >= 4 is 22.5 Å². The summed E-state index contributed by atoms with van der Waals surface area (Å²) in [5.74, 6) is -7.34. The predicted molar refractivity (Wildman–Crippen MR) is 97.6 cm³/mol. The van der Waals surface area contributed by atoms with Gasteiger partial charge in [0, 0.05) is 16.5 Å². The number of nitrogens with zero attached hydrogens (tertiary/aromatic N) is 5. The Morgan fingerprint density at radius 1 is 1.03 bits per heavy atom. The van der Waals surface area contributed by atoms with Crippen molar-refractivity contribution in [2.24, 2.45) is 0 Å². The van der Waals surface area contributed by atoms with Crippen molar-refractivity contribution in [1.29, 1.82) is 0 Å². The van der Waals surface area contributed by atoms with Crippen molar-refractivity contribution in [1.82, 2.24) is 25.2 Å². The first-order valence-electron chi connectivity index (χ1n) is 8.45. The van der Waals surface area contributed by atoms with Crippen LogP contribution in [0.3, 0.4) is 0 Å². The maximum atomic E-state index is 15.5. The molecule has 4 rings (SSSR count). The van der Waals surface area contributed by atoms with Gasteiger partial charge in [-0.05, 0) is 41.1 Å². The topological polar surface area (TPSA) is 56.5 Å². The molecule has 0 aliphatic heterocycles. The summed E-state index contributed by atoms with van der Waals surface area (Å²) in [4.78, 5) is 4.96. The minimum atomic E-state index is -3.62. The lowest BCUT2D eigenvalue weighted by molar-refractivity contribution is -0.0463. The molecule has 1 unspecified atom stereocenters. The monoisotopic (exact) mass is 421 g/mol. The molecule has 1 atom stereocenters. The number of fused-ring (bicyclic) bond motifs is 1. The number of halogens is 5.